The Balaban J connectivity index is 1.51. The van der Waals surface area contributed by atoms with E-state index in [4.69, 9.17) is 16.3 Å². The molecule has 7 nitrogen and oxygen atoms in total. The average molecular weight is 461 g/mol. The fraction of sp³-hybridized carbons (Fsp3) is 0.364. The molecule has 1 atom stereocenters. The van der Waals surface area contributed by atoms with Gasteiger partial charge in [0.05, 0.1) is 18.2 Å². The summed E-state index contributed by atoms with van der Waals surface area (Å²) in [6.07, 6.45) is 0. The number of carbonyl (C=O) groups excluding carboxylic acids is 2. The molecule has 2 aliphatic heterocycles. The molecule has 0 saturated carbocycles. The van der Waals surface area contributed by atoms with Crippen LogP contribution in [0.3, 0.4) is 0 Å². The van der Waals surface area contributed by atoms with Crippen molar-refractivity contribution in [2.45, 2.75) is 13.0 Å². The molecule has 0 radical (unpaired) electrons. The Morgan fingerprint density at radius 2 is 1.94 bits per heavy atom. The minimum absolute atomic E-state index is 0.278. The van der Waals surface area contributed by atoms with Crippen LogP contribution < -0.4 is 15.5 Å². The zero-order valence-corrected chi connectivity index (χ0v) is 18.8. The highest BCUT2D eigenvalue weighted by molar-refractivity contribution is 7.10. The summed E-state index contributed by atoms with van der Waals surface area (Å²) < 4.78 is 5.33. The molecule has 2 amide bonds. The van der Waals surface area contributed by atoms with E-state index in [9.17, 15) is 9.59 Å². The van der Waals surface area contributed by atoms with E-state index in [0.29, 0.717) is 17.8 Å². The molecular formula is C22H25ClN4O3S. The van der Waals surface area contributed by atoms with E-state index in [2.05, 4.69) is 20.4 Å². The predicted molar refractivity (Wildman–Crippen MR) is 122 cm³/mol. The third-order valence-electron chi connectivity index (χ3n) is 5.42. The van der Waals surface area contributed by atoms with Crippen molar-refractivity contribution in [3.8, 4) is 0 Å². The maximum atomic E-state index is 12.8. The number of hydrogen-bond donors (Lipinski definition) is 2. The zero-order valence-electron chi connectivity index (χ0n) is 17.3. The number of carbonyl (C=O) groups is 2. The Bertz CT molecular complexity index is 954. The summed E-state index contributed by atoms with van der Waals surface area (Å²) >= 11 is 7.50. The lowest BCUT2D eigenvalue weighted by Gasteiger charge is -2.37. The van der Waals surface area contributed by atoms with Crippen molar-refractivity contribution in [2.24, 2.45) is 0 Å². The molecule has 2 aromatic rings. The third kappa shape index (κ3) is 5.03. The second-order valence-electron chi connectivity index (χ2n) is 7.40. The first-order chi connectivity index (χ1) is 15.0. The first-order valence-corrected chi connectivity index (χ1v) is 11.5. The number of benzene rings is 1. The summed E-state index contributed by atoms with van der Waals surface area (Å²) in [5, 5.41) is 8.39. The van der Waals surface area contributed by atoms with Gasteiger partial charge in [-0.15, -0.1) is 11.3 Å². The van der Waals surface area contributed by atoms with Gasteiger partial charge in [0.25, 0.3) is 0 Å². The highest BCUT2D eigenvalue weighted by Crippen LogP contribution is 2.31. The standard InChI is InChI=1S/C22H25ClN4O3S/c1-2-30-21(28)19-17(24-22(29)25-20(19)18-4-3-13-31-18)14-26-9-11-27(12-10-26)16-7-5-15(23)6-8-16/h3-8,13,20H,2,9-12,14H2,1H3,(H2,24,25,29)/t20-/m1/s1. The minimum Gasteiger partial charge on any atom is -0.463 e. The van der Waals surface area contributed by atoms with Crippen molar-refractivity contribution < 1.29 is 14.3 Å². The van der Waals surface area contributed by atoms with Crippen LogP contribution in [0.5, 0.6) is 0 Å². The van der Waals surface area contributed by atoms with Crippen LogP contribution in [0.1, 0.15) is 17.8 Å². The fourth-order valence-electron chi connectivity index (χ4n) is 3.90. The van der Waals surface area contributed by atoms with Crippen LogP contribution >= 0.6 is 22.9 Å². The topological polar surface area (TPSA) is 73.9 Å². The molecule has 1 saturated heterocycles. The van der Waals surface area contributed by atoms with Gasteiger partial charge in [-0.1, -0.05) is 17.7 Å². The molecule has 1 aromatic heterocycles. The number of urea groups is 1. The van der Waals surface area contributed by atoms with Crippen molar-refractivity contribution in [2.75, 3.05) is 44.2 Å². The van der Waals surface area contributed by atoms with Gasteiger partial charge in [0.15, 0.2) is 0 Å². The zero-order chi connectivity index (χ0) is 21.8. The smallest absolute Gasteiger partial charge is 0.338 e. The number of esters is 1. The minimum atomic E-state index is -0.502. The lowest BCUT2D eigenvalue weighted by molar-refractivity contribution is -0.139. The van der Waals surface area contributed by atoms with Crippen molar-refractivity contribution in [1.29, 1.82) is 0 Å². The van der Waals surface area contributed by atoms with Gasteiger partial charge in [0.1, 0.15) is 0 Å². The second kappa shape index (κ2) is 9.72. The first-order valence-electron chi connectivity index (χ1n) is 10.3. The molecule has 0 spiro atoms. The number of halogens is 1. The van der Waals surface area contributed by atoms with Gasteiger partial charge in [-0.25, -0.2) is 9.59 Å². The third-order valence-corrected chi connectivity index (χ3v) is 6.61. The number of nitrogens with zero attached hydrogens (tertiary/aromatic N) is 2. The van der Waals surface area contributed by atoms with Crippen LogP contribution in [0.25, 0.3) is 0 Å². The lowest BCUT2D eigenvalue weighted by atomic mass is 10.0. The highest BCUT2D eigenvalue weighted by Gasteiger charge is 2.35. The number of amides is 2. The quantitative estimate of drug-likeness (QED) is 0.646. The highest BCUT2D eigenvalue weighted by atomic mass is 35.5. The number of ether oxygens (including phenoxy) is 1. The number of anilines is 1. The molecular weight excluding hydrogens is 436 g/mol. The van der Waals surface area contributed by atoms with Gasteiger partial charge in [-0.05, 0) is 42.6 Å². The number of rotatable bonds is 6. The largest absolute Gasteiger partial charge is 0.463 e. The van der Waals surface area contributed by atoms with Crippen LogP contribution in [-0.2, 0) is 9.53 Å². The summed E-state index contributed by atoms with van der Waals surface area (Å²) in [6.45, 7) is 5.88. The Hall–Kier alpha value is -2.55. The van der Waals surface area contributed by atoms with E-state index >= 15 is 0 Å². The lowest BCUT2D eigenvalue weighted by Crippen LogP contribution is -2.51. The van der Waals surface area contributed by atoms with E-state index < -0.39 is 12.0 Å². The summed E-state index contributed by atoms with van der Waals surface area (Å²) in [5.74, 6) is -0.400. The molecule has 9 heteroatoms. The monoisotopic (exact) mass is 460 g/mol. The van der Waals surface area contributed by atoms with Gasteiger partial charge in [-0.3, -0.25) is 4.90 Å². The van der Waals surface area contributed by atoms with Crippen LogP contribution in [0, 0.1) is 0 Å². The molecule has 3 heterocycles. The number of hydrogen-bond acceptors (Lipinski definition) is 6. The molecule has 164 valence electrons. The summed E-state index contributed by atoms with van der Waals surface area (Å²) in [4.78, 5) is 30.7. The van der Waals surface area contributed by atoms with Crippen LogP contribution in [0.2, 0.25) is 5.02 Å². The number of thiophene rings is 1. The fourth-order valence-corrected chi connectivity index (χ4v) is 4.81. The van der Waals surface area contributed by atoms with Crippen molar-refractivity contribution in [3.63, 3.8) is 0 Å². The van der Waals surface area contributed by atoms with E-state index in [-0.39, 0.29) is 12.6 Å². The number of piperazine rings is 1. The van der Waals surface area contributed by atoms with Crippen LogP contribution in [0.15, 0.2) is 53.0 Å². The second-order valence-corrected chi connectivity index (χ2v) is 8.81. The van der Waals surface area contributed by atoms with Crippen molar-refractivity contribution >= 4 is 40.6 Å². The van der Waals surface area contributed by atoms with E-state index in [1.165, 1.54) is 11.3 Å². The van der Waals surface area contributed by atoms with Gasteiger partial charge in [-0.2, -0.15) is 0 Å². The van der Waals surface area contributed by atoms with E-state index in [1.54, 1.807) is 6.92 Å². The van der Waals surface area contributed by atoms with Crippen LogP contribution in [0.4, 0.5) is 10.5 Å². The van der Waals surface area contributed by atoms with Gasteiger partial charge >= 0.3 is 12.0 Å². The molecule has 31 heavy (non-hydrogen) atoms. The molecule has 2 aliphatic rings. The van der Waals surface area contributed by atoms with Crippen molar-refractivity contribution in [3.05, 3.63) is 62.9 Å². The number of nitrogens with one attached hydrogen (secondary N) is 2. The molecule has 1 fully saturated rings. The van der Waals surface area contributed by atoms with Gasteiger partial charge in [0, 0.05) is 54.0 Å². The van der Waals surface area contributed by atoms with Gasteiger partial charge < -0.3 is 20.3 Å². The summed E-state index contributed by atoms with van der Waals surface area (Å²) in [7, 11) is 0. The maximum Gasteiger partial charge on any atom is 0.338 e. The van der Waals surface area contributed by atoms with Crippen LogP contribution in [-0.4, -0.2) is 56.2 Å². The normalized spacial score (nSPS) is 19.7. The summed E-state index contributed by atoms with van der Waals surface area (Å²) in [6, 6.07) is 10.9. The van der Waals surface area contributed by atoms with E-state index in [1.807, 2.05) is 41.8 Å². The SMILES string of the molecule is CCOC(=O)C1=C(CN2CCN(c3ccc(Cl)cc3)CC2)NC(=O)N[C@@H]1c1cccs1. The molecule has 2 N–H and O–H groups in total. The first kappa shape index (κ1) is 21.7. The molecule has 0 aliphatic carbocycles. The van der Waals surface area contributed by atoms with E-state index in [0.717, 1.165) is 41.8 Å². The summed E-state index contributed by atoms with van der Waals surface area (Å²) in [5.41, 5.74) is 2.23. The Morgan fingerprint density at radius 1 is 1.19 bits per heavy atom. The molecule has 0 unspecified atom stereocenters. The molecule has 1 aromatic carbocycles. The predicted octanol–water partition coefficient (Wildman–Crippen LogP) is 3.39. The van der Waals surface area contributed by atoms with Gasteiger partial charge in [0.2, 0.25) is 0 Å². The molecule has 0 bridgehead atoms. The maximum absolute atomic E-state index is 12.8. The average Bonchev–Trinajstić information content (AvgIpc) is 3.29. The molecule has 4 rings (SSSR count). The Labute approximate surface area is 190 Å². The Morgan fingerprint density at radius 3 is 2.58 bits per heavy atom. The Kier molecular flexibility index (Phi) is 6.80. The van der Waals surface area contributed by atoms with Crippen molar-refractivity contribution in [1.82, 2.24) is 15.5 Å².